The van der Waals surface area contributed by atoms with Crippen molar-refractivity contribution in [2.24, 2.45) is 0 Å². The van der Waals surface area contributed by atoms with Crippen molar-refractivity contribution in [3.8, 4) is 0 Å². The Labute approximate surface area is 150 Å². The molecule has 2 aliphatic rings. The predicted molar refractivity (Wildman–Crippen MR) is 102 cm³/mol. The van der Waals surface area contributed by atoms with Crippen LogP contribution >= 0.6 is 0 Å². The minimum Gasteiger partial charge on any atom is -0.346 e. The monoisotopic (exact) mass is 335 g/mol. The van der Waals surface area contributed by atoms with Crippen molar-refractivity contribution in [1.29, 1.82) is 0 Å². The van der Waals surface area contributed by atoms with Crippen LogP contribution in [0.3, 0.4) is 0 Å². The third-order valence-electron chi connectivity index (χ3n) is 5.61. The van der Waals surface area contributed by atoms with Gasteiger partial charge in [0.15, 0.2) is 6.54 Å². The smallest absolute Gasteiger partial charge is 0.271 e. The maximum Gasteiger partial charge on any atom is 0.271 e. The Hall–Kier alpha value is -2.13. The van der Waals surface area contributed by atoms with Crippen molar-refractivity contribution in [2.45, 2.75) is 45.8 Å². The number of nitrogens with zero attached hydrogens (tertiary/aromatic N) is 2. The highest BCUT2D eigenvalue weighted by Crippen LogP contribution is 2.37. The summed E-state index contributed by atoms with van der Waals surface area (Å²) in [6.45, 7) is 7.85. The van der Waals surface area contributed by atoms with E-state index in [-0.39, 0.29) is 0 Å². The van der Waals surface area contributed by atoms with Crippen LogP contribution in [0, 0.1) is 20.8 Å². The van der Waals surface area contributed by atoms with Gasteiger partial charge in [0, 0.05) is 12.0 Å². The highest BCUT2D eigenvalue weighted by atomic mass is 16.3. The van der Waals surface area contributed by atoms with Gasteiger partial charge in [-0.3, -0.25) is 0 Å². The van der Waals surface area contributed by atoms with E-state index < -0.39 is 5.72 Å². The van der Waals surface area contributed by atoms with E-state index in [9.17, 15) is 5.11 Å². The molecule has 0 saturated carbocycles. The number of aliphatic hydroxyl groups is 1. The summed E-state index contributed by atoms with van der Waals surface area (Å²) in [4.78, 5) is 2.32. The molecule has 0 unspecified atom stereocenters. The number of β-amino-alcohol motifs (C(OH)–C–C–N with tert-alkyl or cyclic N) is 1. The van der Waals surface area contributed by atoms with Gasteiger partial charge >= 0.3 is 0 Å². The molecule has 2 heterocycles. The van der Waals surface area contributed by atoms with Crippen molar-refractivity contribution in [1.82, 2.24) is 0 Å². The summed E-state index contributed by atoms with van der Waals surface area (Å²) in [5.41, 5.74) is 4.93. The lowest BCUT2D eigenvalue weighted by Crippen LogP contribution is -2.42. The lowest BCUT2D eigenvalue weighted by atomic mass is 9.95. The van der Waals surface area contributed by atoms with Crippen LogP contribution in [-0.4, -0.2) is 28.6 Å². The van der Waals surface area contributed by atoms with Gasteiger partial charge in [-0.15, -0.1) is 0 Å². The summed E-state index contributed by atoms with van der Waals surface area (Å²) < 4.78 is 2.25. The fourth-order valence-corrected chi connectivity index (χ4v) is 4.42. The highest BCUT2D eigenvalue weighted by Gasteiger charge is 2.53. The second kappa shape index (κ2) is 5.99. The van der Waals surface area contributed by atoms with Crippen LogP contribution in [-0.2, 0) is 5.72 Å². The first-order chi connectivity index (χ1) is 12.0. The van der Waals surface area contributed by atoms with Crippen LogP contribution in [0.25, 0.3) is 0 Å². The fourth-order valence-electron chi connectivity index (χ4n) is 4.42. The van der Waals surface area contributed by atoms with Gasteiger partial charge in [-0.25, -0.2) is 9.48 Å². The van der Waals surface area contributed by atoms with E-state index in [1.54, 1.807) is 0 Å². The van der Waals surface area contributed by atoms with Crippen molar-refractivity contribution in [2.75, 3.05) is 18.0 Å². The molecule has 130 valence electrons. The van der Waals surface area contributed by atoms with Gasteiger partial charge in [0.1, 0.15) is 5.69 Å². The van der Waals surface area contributed by atoms with Crippen molar-refractivity contribution >= 4 is 11.5 Å². The van der Waals surface area contributed by atoms with Gasteiger partial charge in [-0.2, -0.15) is 0 Å². The molecule has 4 rings (SSSR count). The Balaban J connectivity index is 1.83. The largest absolute Gasteiger partial charge is 0.346 e. The van der Waals surface area contributed by atoms with Gasteiger partial charge in [0.2, 0.25) is 0 Å². The van der Waals surface area contributed by atoms with E-state index in [0.717, 1.165) is 24.9 Å². The Bertz CT molecular complexity index is 855. The molecular weight excluding hydrogens is 308 g/mol. The number of hydrogen-bond acceptors (Lipinski definition) is 2. The molecule has 0 aliphatic carbocycles. The Kier molecular flexibility index (Phi) is 3.92. The average molecular weight is 335 g/mol. The zero-order valence-corrected chi connectivity index (χ0v) is 15.4. The van der Waals surface area contributed by atoms with Crippen molar-refractivity contribution in [3.05, 3.63) is 64.7 Å². The SMILES string of the molecule is Cc1cccc(N2C[C@](O)(c3ccc(C)cc3C)[N+]3=C2CCCC3)c1. The molecule has 0 bridgehead atoms. The van der Waals surface area contributed by atoms with Crippen LogP contribution in [0.15, 0.2) is 42.5 Å². The first kappa shape index (κ1) is 16.3. The second-order valence-corrected chi connectivity index (χ2v) is 7.59. The zero-order valence-electron chi connectivity index (χ0n) is 15.4. The molecule has 1 N–H and O–H groups in total. The normalized spacial score (nSPS) is 23.1. The zero-order chi connectivity index (χ0) is 17.6. The lowest BCUT2D eigenvalue weighted by molar-refractivity contribution is -0.661. The number of rotatable bonds is 2. The van der Waals surface area contributed by atoms with Crippen LogP contribution in [0.4, 0.5) is 5.69 Å². The van der Waals surface area contributed by atoms with Crippen LogP contribution in [0.5, 0.6) is 0 Å². The number of benzene rings is 2. The summed E-state index contributed by atoms with van der Waals surface area (Å²) in [7, 11) is 0. The summed E-state index contributed by atoms with van der Waals surface area (Å²) >= 11 is 0. The van der Waals surface area contributed by atoms with Gasteiger partial charge in [-0.1, -0.05) is 35.9 Å². The van der Waals surface area contributed by atoms with Crippen LogP contribution < -0.4 is 4.90 Å². The fraction of sp³-hybridized carbons (Fsp3) is 0.409. The minimum atomic E-state index is -0.947. The molecule has 0 aromatic heterocycles. The molecule has 0 saturated heterocycles. The Morgan fingerprint density at radius 3 is 2.56 bits per heavy atom. The van der Waals surface area contributed by atoms with E-state index in [1.165, 1.54) is 34.6 Å². The summed E-state index contributed by atoms with van der Waals surface area (Å²) in [5, 5.41) is 11.8. The highest BCUT2D eigenvalue weighted by molar-refractivity contribution is 5.96. The lowest BCUT2D eigenvalue weighted by Gasteiger charge is -2.26. The second-order valence-electron chi connectivity index (χ2n) is 7.59. The van der Waals surface area contributed by atoms with E-state index in [0.29, 0.717) is 6.54 Å². The minimum absolute atomic E-state index is 0.593. The molecule has 3 nitrogen and oxygen atoms in total. The van der Waals surface area contributed by atoms with Gasteiger partial charge in [-0.05, 0) is 56.9 Å². The number of anilines is 1. The average Bonchev–Trinajstić information content (AvgIpc) is 2.89. The van der Waals surface area contributed by atoms with Crippen LogP contribution in [0.1, 0.15) is 41.5 Å². The number of hydrogen-bond donors (Lipinski definition) is 1. The van der Waals surface area contributed by atoms with Crippen molar-refractivity contribution in [3.63, 3.8) is 0 Å². The van der Waals surface area contributed by atoms with Gasteiger partial charge in [0.25, 0.3) is 11.6 Å². The molecule has 2 aromatic carbocycles. The molecule has 3 heteroatoms. The molecule has 1 atom stereocenters. The topological polar surface area (TPSA) is 26.5 Å². The predicted octanol–water partition coefficient (Wildman–Crippen LogP) is 3.87. The molecular formula is C22H27N2O+. The van der Waals surface area contributed by atoms with Gasteiger partial charge < -0.3 is 5.11 Å². The Morgan fingerprint density at radius 1 is 1.00 bits per heavy atom. The third kappa shape index (κ3) is 2.67. The first-order valence-corrected chi connectivity index (χ1v) is 9.27. The molecule has 0 radical (unpaired) electrons. The Morgan fingerprint density at radius 2 is 1.80 bits per heavy atom. The summed E-state index contributed by atoms with van der Waals surface area (Å²) in [5.74, 6) is 1.26. The third-order valence-corrected chi connectivity index (χ3v) is 5.61. The van der Waals surface area contributed by atoms with E-state index in [4.69, 9.17) is 0 Å². The molecule has 2 aromatic rings. The van der Waals surface area contributed by atoms with Gasteiger partial charge in [0.05, 0.1) is 6.54 Å². The van der Waals surface area contributed by atoms with E-state index in [2.05, 4.69) is 72.7 Å². The van der Waals surface area contributed by atoms with Crippen LogP contribution in [0.2, 0.25) is 0 Å². The molecule has 0 spiro atoms. The first-order valence-electron chi connectivity index (χ1n) is 9.27. The molecule has 0 amide bonds. The number of amidine groups is 1. The standard InChI is InChI=1S/C22H27N2O/c1-16-7-6-8-19(14-16)23-15-22(25,24-12-5-4-9-21(23)24)20-11-10-17(2)13-18(20)3/h6-8,10-11,13-14,25H,4-5,9,12,15H2,1-3H3/q+1/t22-/m0/s1. The summed E-state index contributed by atoms with van der Waals surface area (Å²) in [6.07, 6.45) is 3.36. The maximum absolute atomic E-state index is 11.8. The quantitative estimate of drug-likeness (QED) is 0.843. The van der Waals surface area contributed by atoms with E-state index in [1.807, 2.05) is 0 Å². The molecule has 25 heavy (non-hydrogen) atoms. The van der Waals surface area contributed by atoms with E-state index >= 15 is 0 Å². The number of aryl methyl sites for hydroxylation is 3. The van der Waals surface area contributed by atoms with Crippen molar-refractivity contribution < 1.29 is 9.68 Å². The molecule has 2 aliphatic heterocycles. The molecule has 0 fully saturated rings. The maximum atomic E-state index is 11.8. The summed E-state index contributed by atoms with van der Waals surface area (Å²) in [6, 6.07) is 15.0.